The van der Waals surface area contributed by atoms with Crippen LogP contribution in [-0.2, 0) is 14.8 Å². The number of rotatable bonds is 7. The predicted octanol–water partition coefficient (Wildman–Crippen LogP) is 3.71. The Hall–Kier alpha value is -3.37. The van der Waals surface area contributed by atoms with Gasteiger partial charge >= 0.3 is 0 Å². The van der Waals surface area contributed by atoms with Crippen molar-refractivity contribution >= 4 is 43.5 Å². The summed E-state index contributed by atoms with van der Waals surface area (Å²) >= 11 is 3.31. The van der Waals surface area contributed by atoms with Gasteiger partial charge < -0.3 is 4.74 Å². The van der Waals surface area contributed by atoms with Crippen molar-refractivity contribution in [2.75, 3.05) is 11.3 Å². The molecule has 0 atom stereocenters. The number of hydrogen-bond donors (Lipinski definition) is 3. The molecule has 2 amide bonds. The molecule has 0 fully saturated rings. The molecule has 0 aliphatic heterocycles. The Morgan fingerprint density at radius 1 is 0.939 bits per heavy atom. The molecule has 8 nitrogen and oxygen atoms in total. The van der Waals surface area contributed by atoms with Gasteiger partial charge in [-0.25, -0.2) is 8.42 Å². The molecule has 172 valence electrons. The number of amides is 2. The lowest BCUT2D eigenvalue weighted by Crippen LogP contribution is -2.44. The molecule has 0 aliphatic rings. The minimum atomic E-state index is -3.92. The number of carbonyl (C=O) groups is 2. The number of nitrogens with one attached hydrogen (secondary N) is 3. The highest BCUT2D eigenvalue weighted by molar-refractivity contribution is 9.10. The smallest absolute Gasteiger partial charge is 0.276 e. The van der Waals surface area contributed by atoms with E-state index in [4.69, 9.17) is 4.74 Å². The van der Waals surface area contributed by atoms with Gasteiger partial charge in [0.05, 0.1) is 4.90 Å². The van der Waals surface area contributed by atoms with Crippen LogP contribution < -0.4 is 20.3 Å². The van der Waals surface area contributed by atoms with E-state index < -0.39 is 21.8 Å². The maximum Gasteiger partial charge on any atom is 0.276 e. The lowest BCUT2D eigenvalue weighted by Gasteiger charge is -2.13. The SMILES string of the molecule is Cc1cccc(NS(=O)(=O)c2ccc(C)c(C(=O)NNC(=O)COc3cccc(Br)c3)c2)c1. The second-order valence-electron chi connectivity index (χ2n) is 7.20. The van der Waals surface area contributed by atoms with E-state index in [1.54, 1.807) is 43.3 Å². The van der Waals surface area contributed by atoms with Gasteiger partial charge in [-0.2, -0.15) is 0 Å². The Balaban J connectivity index is 1.64. The summed E-state index contributed by atoms with van der Waals surface area (Å²) in [6.07, 6.45) is 0. The number of aryl methyl sites for hydroxylation is 2. The molecule has 0 radical (unpaired) electrons. The first kappa shape index (κ1) is 24.3. The molecule has 3 aromatic rings. The van der Waals surface area contributed by atoms with Crippen molar-refractivity contribution in [3.05, 3.63) is 87.9 Å². The van der Waals surface area contributed by atoms with Crippen molar-refractivity contribution in [1.82, 2.24) is 10.9 Å². The van der Waals surface area contributed by atoms with Crippen molar-refractivity contribution in [2.45, 2.75) is 18.7 Å². The van der Waals surface area contributed by atoms with E-state index in [0.29, 0.717) is 17.0 Å². The monoisotopic (exact) mass is 531 g/mol. The quantitative estimate of drug-likeness (QED) is 0.402. The Labute approximate surface area is 200 Å². The number of halogens is 1. The van der Waals surface area contributed by atoms with Gasteiger partial charge in [0.15, 0.2) is 6.61 Å². The first-order valence-corrected chi connectivity index (χ1v) is 12.1. The van der Waals surface area contributed by atoms with E-state index in [9.17, 15) is 18.0 Å². The third-order valence-corrected chi connectivity index (χ3v) is 6.39. The number of benzene rings is 3. The van der Waals surface area contributed by atoms with Crippen LogP contribution in [0, 0.1) is 13.8 Å². The van der Waals surface area contributed by atoms with Crippen molar-refractivity contribution in [3.8, 4) is 5.75 Å². The number of ether oxygens (including phenoxy) is 1. The van der Waals surface area contributed by atoms with Crippen LogP contribution in [0.4, 0.5) is 5.69 Å². The fourth-order valence-electron chi connectivity index (χ4n) is 2.87. The zero-order valence-corrected chi connectivity index (χ0v) is 20.3. The topological polar surface area (TPSA) is 114 Å². The second kappa shape index (κ2) is 10.5. The lowest BCUT2D eigenvalue weighted by atomic mass is 10.1. The Kier molecular flexibility index (Phi) is 7.72. The molecule has 3 N–H and O–H groups in total. The number of carbonyl (C=O) groups excluding carboxylic acids is 2. The standard InChI is InChI=1S/C23H22BrN3O5S/c1-15-5-3-7-18(11-15)27-33(30,31)20-10-9-16(2)21(13-20)23(29)26-25-22(28)14-32-19-8-4-6-17(24)12-19/h3-13,27H,14H2,1-2H3,(H,25,28)(H,26,29). The van der Waals surface area contributed by atoms with Gasteiger partial charge in [0.2, 0.25) is 0 Å². The van der Waals surface area contributed by atoms with Gasteiger partial charge in [0.1, 0.15) is 5.75 Å². The first-order valence-electron chi connectivity index (χ1n) is 9.82. The summed E-state index contributed by atoms with van der Waals surface area (Å²) < 4.78 is 34.2. The number of sulfonamides is 1. The number of anilines is 1. The van der Waals surface area contributed by atoms with Gasteiger partial charge in [-0.1, -0.05) is 40.2 Å². The summed E-state index contributed by atoms with van der Waals surface area (Å²) in [7, 11) is -3.92. The maximum atomic E-state index is 12.8. The van der Waals surface area contributed by atoms with Crippen molar-refractivity contribution in [2.24, 2.45) is 0 Å². The van der Waals surface area contributed by atoms with E-state index in [2.05, 4.69) is 31.5 Å². The number of hydrogen-bond acceptors (Lipinski definition) is 5. The van der Waals surface area contributed by atoms with Crippen LogP contribution in [0.1, 0.15) is 21.5 Å². The molecule has 0 saturated carbocycles. The fraction of sp³-hybridized carbons (Fsp3) is 0.130. The molecule has 0 unspecified atom stereocenters. The molecule has 0 heterocycles. The highest BCUT2D eigenvalue weighted by atomic mass is 79.9. The van der Waals surface area contributed by atoms with Gasteiger partial charge in [0.25, 0.3) is 21.8 Å². The molecule has 0 aliphatic carbocycles. The average molecular weight is 532 g/mol. The van der Waals surface area contributed by atoms with Crippen LogP contribution in [0.3, 0.4) is 0 Å². The van der Waals surface area contributed by atoms with Crippen LogP contribution in [0.25, 0.3) is 0 Å². The molecule has 3 aromatic carbocycles. The van der Waals surface area contributed by atoms with Crippen molar-refractivity contribution < 1.29 is 22.7 Å². The minimum absolute atomic E-state index is 0.0796. The second-order valence-corrected chi connectivity index (χ2v) is 9.80. The van der Waals surface area contributed by atoms with Crippen LogP contribution in [0.5, 0.6) is 5.75 Å². The largest absolute Gasteiger partial charge is 0.484 e. The summed E-state index contributed by atoms with van der Waals surface area (Å²) in [5.74, 6) is -0.748. The number of hydrazine groups is 1. The molecule has 0 spiro atoms. The van der Waals surface area contributed by atoms with E-state index in [-0.39, 0.29) is 17.1 Å². The van der Waals surface area contributed by atoms with Gasteiger partial charge in [-0.05, 0) is 67.4 Å². The predicted molar refractivity (Wildman–Crippen MR) is 128 cm³/mol. The minimum Gasteiger partial charge on any atom is -0.484 e. The van der Waals surface area contributed by atoms with E-state index in [1.807, 2.05) is 19.1 Å². The van der Waals surface area contributed by atoms with E-state index >= 15 is 0 Å². The summed E-state index contributed by atoms with van der Waals surface area (Å²) in [6.45, 7) is 3.20. The van der Waals surface area contributed by atoms with Gasteiger partial charge in [0, 0.05) is 15.7 Å². The third-order valence-electron chi connectivity index (χ3n) is 4.52. The molecule has 10 heteroatoms. The van der Waals surface area contributed by atoms with Crippen LogP contribution in [0.15, 0.2) is 76.1 Å². The lowest BCUT2D eigenvalue weighted by molar-refractivity contribution is -0.123. The van der Waals surface area contributed by atoms with Crippen LogP contribution >= 0.6 is 15.9 Å². The van der Waals surface area contributed by atoms with E-state index in [0.717, 1.165) is 10.0 Å². The highest BCUT2D eigenvalue weighted by Crippen LogP contribution is 2.20. The maximum absolute atomic E-state index is 12.8. The Morgan fingerprint density at radius 2 is 1.70 bits per heavy atom. The van der Waals surface area contributed by atoms with Gasteiger partial charge in [-0.15, -0.1) is 0 Å². The molecule has 3 rings (SSSR count). The molecular weight excluding hydrogens is 510 g/mol. The summed E-state index contributed by atoms with van der Waals surface area (Å²) in [6, 6.07) is 18.1. The summed E-state index contributed by atoms with van der Waals surface area (Å²) in [4.78, 5) is 24.5. The normalized spacial score (nSPS) is 10.9. The highest BCUT2D eigenvalue weighted by Gasteiger charge is 2.19. The Morgan fingerprint density at radius 3 is 2.42 bits per heavy atom. The zero-order chi connectivity index (χ0) is 24.0. The van der Waals surface area contributed by atoms with Gasteiger partial charge in [-0.3, -0.25) is 25.2 Å². The van der Waals surface area contributed by atoms with Crippen molar-refractivity contribution in [1.29, 1.82) is 0 Å². The average Bonchev–Trinajstić information content (AvgIpc) is 2.76. The Bertz CT molecular complexity index is 1290. The molecular formula is C23H22BrN3O5S. The fourth-order valence-corrected chi connectivity index (χ4v) is 4.32. The van der Waals surface area contributed by atoms with Crippen LogP contribution in [-0.4, -0.2) is 26.8 Å². The zero-order valence-electron chi connectivity index (χ0n) is 17.9. The molecule has 0 bridgehead atoms. The molecule has 0 aromatic heterocycles. The van der Waals surface area contributed by atoms with E-state index in [1.165, 1.54) is 18.2 Å². The summed E-state index contributed by atoms with van der Waals surface area (Å²) in [5.41, 5.74) is 6.50. The summed E-state index contributed by atoms with van der Waals surface area (Å²) in [5, 5.41) is 0. The third kappa shape index (κ3) is 6.80. The van der Waals surface area contributed by atoms with Crippen LogP contribution in [0.2, 0.25) is 0 Å². The molecule has 0 saturated heterocycles. The first-order chi connectivity index (χ1) is 15.6. The van der Waals surface area contributed by atoms with Crippen molar-refractivity contribution in [3.63, 3.8) is 0 Å². The molecule has 33 heavy (non-hydrogen) atoms.